The zero-order valence-corrected chi connectivity index (χ0v) is 22.1. The smallest absolute Gasteiger partial charge is 0.272 e. The Morgan fingerprint density at radius 3 is 2.53 bits per heavy atom. The summed E-state index contributed by atoms with van der Waals surface area (Å²) < 4.78 is 5.25. The number of aliphatic hydroxyl groups is 1. The van der Waals surface area contributed by atoms with Gasteiger partial charge in [-0.05, 0) is 45.1 Å². The van der Waals surface area contributed by atoms with Gasteiger partial charge in [-0.3, -0.25) is 9.59 Å². The molecule has 0 spiro atoms. The fraction of sp³-hybridized carbons (Fsp3) is 0.400. The van der Waals surface area contributed by atoms with E-state index in [4.69, 9.17) is 9.52 Å². The van der Waals surface area contributed by atoms with Crippen molar-refractivity contribution in [2.45, 2.75) is 58.2 Å². The normalized spacial score (nSPS) is 18.8. The highest BCUT2D eigenvalue weighted by molar-refractivity contribution is 6.20. The lowest BCUT2D eigenvalue weighted by molar-refractivity contribution is -0.133. The highest BCUT2D eigenvalue weighted by Crippen LogP contribution is 2.37. The maximum Gasteiger partial charge on any atom is 0.272 e. The lowest BCUT2D eigenvalue weighted by atomic mass is 9.90. The first kappa shape index (κ1) is 25.9. The van der Waals surface area contributed by atoms with Crippen LogP contribution in [0.25, 0.3) is 0 Å². The van der Waals surface area contributed by atoms with E-state index in [2.05, 4.69) is 10.5 Å². The fourth-order valence-corrected chi connectivity index (χ4v) is 5.19. The number of nitrogens with zero attached hydrogens (tertiary/aromatic N) is 3. The van der Waals surface area contributed by atoms with Gasteiger partial charge in [0.1, 0.15) is 5.76 Å². The van der Waals surface area contributed by atoms with Crippen molar-refractivity contribution >= 4 is 23.2 Å². The van der Waals surface area contributed by atoms with Crippen molar-refractivity contribution in [3.63, 3.8) is 0 Å². The van der Waals surface area contributed by atoms with Gasteiger partial charge < -0.3 is 19.8 Å². The van der Waals surface area contributed by atoms with Crippen LogP contribution in [0, 0.1) is 25.7 Å². The van der Waals surface area contributed by atoms with E-state index in [9.17, 15) is 14.7 Å². The number of benzene rings is 2. The highest BCUT2D eigenvalue weighted by Gasteiger charge is 2.37. The second-order valence-electron chi connectivity index (χ2n) is 10.4. The first-order chi connectivity index (χ1) is 18.3. The van der Waals surface area contributed by atoms with Gasteiger partial charge in [0.05, 0.1) is 29.1 Å². The van der Waals surface area contributed by atoms with Crippen molar-refractivity contribution < 1.29 is 19.2 Å². The number of nitrogens with one attached hydrogen (secondary N) is 1. The van der Waals surface area contributed by atoms with Gasteiger partial charge in [0.2, 0.25) is 12.1 Å². The Balaban J connectivity index is 1.40. The third kappa shape index (κ3) is 5.41. The Labute approximate surface area is 222 Å². The van der Waals surface area contributed by atoms with E-state index in [0.29, 0.717) is 30.9 Å². The topological polar surface area (TPSA) is 108 Å². The van der Waals surface area contributed by atoms with Gasteiger partial charge in [-0.1, -0.05) is 66.5 Å². The number of carbonyl (C=O) groups is 2. The second kappa shape index (κ2) is 10.9. The number of aromatic nitrogens is 1. The molecule has 2 amide bonds. The summed E-state index contributed by atoms with van der Waals surface area (Å²) in [6.07, 6.45) is 1.68. The summed E-state index contributed by atoms with van der Waals surface area (Å²) >= 11 is 0. The molecule has 1 unspecified atom stereocenters. The maximum atomic E-state index is 13.6. The zero-order chi connectivity index (χ0) is 26.8. The van der Waals surface area contributed by atoms with Crippen molar-refractivity contribution in [3.8, 4) is 0 Å². The zero-order valence-electron chi connectivity index (χ0n) is 22.1. The molecule has 1 aliphatic heterocycles. The number of aliphatic hydroxyl groups excluding tert-OH is 1. The number of benzodiazepines with no additional fused rings is 1. The Hall–Kier alpha value is -3.78. The third-order valence-corrected chi connectivity index (χ3v) is 7.63. The van der Waals surface area contributed by atoms with Crippen molar-refractivity contribution in [1.82, 2.24) is 10.5 Å². The lowest BCUT2D eigenvalue weighted by Gasteiger charge is -2.25. The van der Waals surface area contributed by atoms with E-state index < -0.39 is 18.2 Å². The van der Waals surface area contributed by atoms with Crippen molar-refractivity contribution in [2.75, 3.05) is 11.9 Å². The molecule has 1 saturated carbocycles. The third-order valence-electron chi connectivity index (χ3n) is 7.63. The van der Waals surface area contributed by atoms with Gasteiger partial charge in [0, 0.05) is 23.7 Å². The quantitative estimate of drug-likeness (QED) is 0.449. The van der Waals surface area contributed by atoms with Crippen molar-refractivity contribution in [3.05, 3.63) is 82.7 Å². The van der Waals surface area contributed by atoms with Gasteiger partial charge >= 0.3 is 0 Å². The molecule has 2 N–H and O–H groups in total. The van der Waals surface area contributed by atoms with E-state index in [1.54, 1.807) is 11.9 Å². The minimum atomic E-state index is -1.11. The molecule has 3 aromatic rings. The molecule has 1 fully saturated rings. The number of aryl methyl sites for hydroxylation is 2. The van der Waals surface area contributed by atoms with E-state index in [0.717, 1.165) is 46.7 Å². The van der Waals surface area contributed by atoms with Crippen molar-refractivity contribution in [2.24, 2.45) is 16.8 Å². The first-order valence-electron chi connectivity index (χ1n) is 13.2. The highest BCUT2D eigenvalue weighted by atomic mass is 16.5. The molecular formula is C30H34N4O4. The van der Waals surface area contributed by atoms with E-state index in [1.807, 2.05) is 68.4 Å². The minimum Gasteiger partial charge on any atom is -0.392 e. The number of rotatable bonds is 9. The molecule has 1 aromatic heterocycles. The molecule has 8 heteroatoms. The van der Waals surface area contributed by atoms with Gasteiger partial charge in [-0.15, -0.1) is 0 Å². The summed E-state index contributed by atoms with van der Waals surface area (Å²) in [4.78, 5) is 33.5. The number of para-hydroxylation sites is 1. The minimum absolute atomic E-state index is 0.327. The number of carbonyl (C=O) groups excluding carboxylic acids is 2. The molecule has 38 heavy (non-hydrogen) atoms. The molecule has 8 nitrogen and oxygen atoms in total. The van der Waals surface area contributed by atoms with E-state index >= 15 is 0 Å². The summed E-state index contributed by atoms with van der Waals surface area (Å²) in [6.45, 7) is 3.73. The van der Waals surface area contributed by atoms with Crippen LogP contribution in [0.1, 0.15) is 53.8 Å². The molecule has 1 aliphatic carbocycles. The first-order valence-corrected chi connectivity index (χ1v) is 13.2. The Kier molecular flexibility index (Phi) is 7.42. The van der Waals surface area contributed by atoms with Crippen LogP contribution in [0.2, 0.25) is 0 Å². The fourth-order valence-electron chi connectivity index (χ4n) is 5.19. The summed E-state index contributed by atoms with van der Waals surface area (Å²) in [6, 6.07) is 17.3. The molecule has 2 aromatic carbocycles. The predicted molar refractivity (Wildman–Crippen MR) is 145 cm³/mol. The van der Waals surface area contributed by atoms with Crippen LogP contribution in [-0.4, -0.2) is 47.1 Å². The van der Waals surface area contributed by atoms with Crippen LogP contribution in [0.3, 0.4) is 0 Å². The standard InChI is InChI=1S/C30H34N4O4/c1-18-22(19(2)38-33-18)15-16-26(35)24(17-20-13-14-20)29(36)32-28-30(37)34(3)25-12-8-7-11-23(25)27(31-28)21-9-5-4-6-10-21/h4-12,20,24,26,28,35H,13-17H2,1-3H3,(H,32,36)/t24-,26+,28?/m1/s1. The molecule has 3 atom stereocenters. The SMILES string of the molecule is Cc1noc(C)c1CC[C@H](O)[C@@H](CC1CC1)C(=O)NC1N=C(c2ccccc2)c2ccccc2N(C)C1=O. The summed E-state index contributed by atoms with van der Waals surface area (Å²) in [7, 11) is 1.70. The van der Waals surface area contributed by atoms with Gasteiger partial charge in [-0.2, -0.15) is 0 Å². The Bertz CT molecular complexity index is 1330. The largest absolute Gasteiger partial charge is 0.392 e. The van der Waals surface area contributed by atoms with Crippen molar-refractivity contribution in [1.29, 1.82) is 0 Å². The number of anilines is 1. The molecule has 2 heterocycles. The Morgan fingerprint density at radius 2 is 1.84 bits per heavy atom. The van der Waals surface area contributed by atoms with E-state index in [-0.39, 0.29) is 11.8 Å². The number of hydrogen-bond donors (Lipinski definition) is 2. The van der Waals surface area contributed by atoms with Crippen LogP contribution in [-0.2, 0) is 16.0 Å². The van der Waals surface area contributed by atoms with E-state index in [1.165, 1.54) is 0 Å². The average molecular weight is 515 g/mol. The molecule has 5 rings (SSSR count). The number of aliphatic imine (C=N–C) groups is 1. The predicted octanol–water partition coefficient (Wildman–Crippen LogP) is 3.96. The monoisotopic (exact) mass is 514 g/mol. The van der Waals surface area contributed by atoms with Crippen LogP contribution in [0.5, 0.6) is 0 Å². The number of fused-ring (bicyclic) bond motifs is 1. The molecular weight excluding hydrogens is 480 g/mol. The van der Waals surface area contributed by atoms with Gasteiger partial charge in [0.25, 0.3) is 5.91 Å². The lowest BCUT2D eigenvalue weighted by Crippen LogP contribution is -2.49. The maximum absolute atomic E-state index is 13.6. The number of likely N-dealkylation sites (N-methyl/N-ethyl adjacent to an activating group) is 1. The van der Waals surface area contributed by atoms with Crippen LogP contribution in [0.4, 0.5) is 5.69 Å². The number of hydrogen-bond acceptors (Lipinski definition) is 6. The number of amides is 2. The van der Waals surface area contributed by atoms with Gasteiger partial charge in [-0.25, -0.2) is 4.99 Å². The summed E-state index contributed by atoms with van der Waals surface area (Å²) in [5.41, 5.74) is 4.81. The molecule has 0 radical (unpaired) electrons. The molecule has 0 bridgehead atoms. The van der Waals surface area contributed by atoms with Crippen LogP contribution < -0.4 is 10.2 Å². The summed E-state index contributed by atoms with van der Waals surface area (Å²) in [5.74, 6) is -0.168. The van der Waals surface area contributed by atoms with Crippen LogP contribution in [0.15, 0.2) is 64.1 Å². The Morgan fingerprint density at radius 1 is 1.13 bits per heavy atom. The summed E-state index contributed by atoms with van der Waals surface area (Å²) in [5, 5.41) is 18.1. The molecule has 0 saturated heterocycles. The molecule has 198 valence electrons. The molecule has 2 aliphatic rings. The average Bonchev–Trinajstić information content (AvgIpc) is 3.71. The van der Waals surface area contributed by atoms with Gasteiger partial charge in [0.15, 0.2) is 0 Å². The second-order valence-corrected chi connectivity index (χ2v) is 10.4. The van der Waals surface area contributed by atoms with Crippen LogP contribution >= 0.6 is 0 Å².